The van der Waals surface area contributed by atoms with Crippen LogP contribution in [0.4, 0.5) is 0 Å². The molecule has 0 unspecified atom stereocenters. The van der Waals surface area contributed by atoms with Gasteiger partial charge in [-0.15, -0.1) is 0 Å². The lowest BCUT2D eigenvalue weighted by molar-refractivity contribution is -0.399. The molecular weight excluding hydrogens is 1240 g/mol. The Morgan fingerprint density at radius 3 is 1.73 bits per heavy atom. The Labute approximate surface area is 560 Å². The molecule has 0 spiro atoms. The van der Waals surface area contributed by atoms with Gasteiger partial charge in [-0.25, -0.2) is 4.79 Å². The Morgan fingerprint density at radius 2 is 1.04 bits per heavy atom. The first-order valence-electron chi connectivity index (χ1n) is 35.4. The Hall–Kier alpha value is -3.84. The smallest absolute Gasteiger partial charge is 0.331 e. The van der Waals surface area contributed by atoms with Crippen LogP contribution < -0.4 is 0 Å². The first-order valence-corrected chi connectivity index (χ1v) is 35.4. The molecule has 1 aromatic rings. The third-order valence-electron chi connectivity index (χ3n) is 18.8. The van der Waals surface area contributed by atoms with Crippen LogP contribution in [0.5, 0.6) is 0 Å². The van der Waals surface area contributed by atoms with E-state index in [-0.39, 0.29) is 18.9 Å². The highest BCUT2D eigenvalue weighted by molar-refractivity contribution is 5.87. The van der Waals surface area contributed by atoms with E-state index in [1.165, 1.54) is 33.8 Å². The molecule has 7 N–H and O–H groups in total. The van der Waals surface area contributed by atoms with Gasteiger partial charge in [0.15, 0.2) is 55.9 Å². The predicted octanol–water partition coefficient (Wildman–Crippen LogP) is 6.81. The Morgan fingerprint density at radius 1 is 0.495 bits per heavy atom. The lowest BCUT2D eigenvalue weighted by atomic mass is 9.95. The zero-order valence-electron chi connectivity index (χ0n) is 57.2. The van der Waals surface area contributed by atoms with Gasteiger partial charge in [-0.3, -0.25) is 14.4 Å². The number of fused-ring (bicyclic) bond motifs is 2. The van der Waals surface area contributed by atoms with Crippen LogP contribution in [0.3, 0.4) is 0 Å². The Bertz CT molecular complexity index is 2450. The van der Waals surface area contributed by atoms with Gasteiger partial charge in [0, 0.05) is 18.9 Å². The summed E-state index contributed by atoms with van der Waals surface area (Å²) in [5.74, 6) is -3.76. The number of carbonyl (C=O) groups excluding carboxylic acids is 4. The van der Waals surface area contributed by atoms with E-state index in [4.69, 9.17) is 66.3 Å². The van der Waals surface area contributed by atoms with Crippen LogP contribution >= 0.6 is 0 Å². The number of benzene rings is 1. The van der Waals surface area contributed by atoms with Gasteiger partial charge in [-0.05, 0) is 71.9 Å². The van der Waals surface area contributed by atoms with Crippen molar-refractivity contribution in [1.82, 2.24) is 0 Å². The predicted molar refractivity (Wildman–Crippen MR) is 341 cm³/mol. The molecule has 95 heavy (non-hydrogen) atoms. The molecule has 25 heteroatoms. The standard InChI is InChI=1S/C70H112O25/c1-10-12-14-15-18-22-30-36-48(72)90-64-63(95-66-54(78)52(76)50(74)40(5)82-66)59(93-68-61(89-49(73)38-37-45-31-26-24-27-32-45)55(79)57(42(7)84-68)91-65(81)39(3)4)44(9)86-70(64)92-58-43(8)85-69-62(56(58)80)88-47(71)35-29-23-20-17-16-19-21-28-34-46(33-25-13-11-2)87-67-60(94-69)53(77)51(75)41(6)83-67/h24,26-27,31-32,37-44,46,50-64,66-70,74-80H,10-23,25,28-30,33-36H2,1-9H3/b38-37+/t40-,41+,42-,43-,44-,46-,50-,51-,52+,53-,54+,55+,56+,57-,58-,59-,60+,61+,62+,63+,64+,66-,67-,68-,69-,70-/m0/s1. The van der Waals surface area contributed by atoms with Crippen molar-refractivity contribution in [3.63, 3.8) is 0 Å². The fraction of sp³-hybridized carbons (Fsp3) is 0.829. The average Bonchev–Trinajstić information content (AvgIpc) is 0.775. The van der Waals surface area contributed by atoms with E-state index >= 15 is 0 Å². The summed E-state index contributed by atoms with van der Waals surface area (Å²) in [5, 5.41) is 81.9. The van der Waals surface area contributed by atoms with Gasteiger partial charge in [0.05, 0.1) is 42.5 Å². The number of aliphatic hydroxyl groups is 7. The largest absolute Gasteiger partial charge is 0.456 e. The number of hydrogen-bond acceptors (Lipinski definition) is 25. The summed E-state index contributed by atoms with van der Waals surface area (Å²) in [7, 11) is 0. The Balaban J connectivity index is 1.26. The third-order valence-corrected chi connectivity index (χ3v) is 18.8. The zero-order chi connectivity index (χ0) is 68.9. The summed E-state index contributed by atoms with van der Waals surface area (Å²) in [6, 6.07) is 8.84. The van der Waals surface area contributed by atoms with Gasteiger partial charge >= 0.3 is 23.9 Å². The van der Waals surface area contributed by atoms with E-state index < -0.39 is 183 Å². The van der Waals surface area contributed by atoms with E-state index in [1.54, 1.807) is 51.1 Å². The molecule has 0 amide bonds. The number of esters is 4. The molecule has 0 bridgehead atoms. The summed E-state index contributed by atoms with van der Waals surface area (Å²) in [6.45, 7) is 15.0. The normalized spacial score (nSPS) is 38.9. The second-order valence-corrected chi connectivity index (χ2v) is 27.0. The summed E-state index contributed by atoms with van der Waals surface area (Å²) >= 11 is 0. The van der Waals surface area contributed by atoms with E-state index in [9.17, 15) is 54.9 Å². The number of rotatable bonds is 24. The van der Waals surface area contributed by atoms with Gasteiger partial charge in [0.2, 0.25) is 0 Å². The molecule has 0 aliphatic carbocycles. The van der Waals surface area contributed by atoms with Crippen molar-refractivity contribution in [3.05, 3.63) is 42.0 Å². The average molecular weight is 1350 g/mol. The highest BCUT2D eigenvalue weighted by atomic mass is 16.8. The van der Waals surface area contributed by atoms with E-state index in [1.807, 2.05) is 0 Å². The van der Waals surface area contributed by atoms with Crippen LogP contribution in [0.2, 0.25) is 0 Å². The minimum Gasteiger partial charge on any atom is -0.456 e. The molecule has 542 valence electrons. The second kappa shape index (κ2) is 39.2. The second-order valence-electron chi connectivity index (χ2n) is 27.0. The van der Waals surface area contributed by atoms with Crippen molar-refractivity contribution in [1.29, 1.82) is 0 Å². The number of unbranched alkanes of at least 4 members (excludes halogenated alkanes) is 8. The topological polar surface area (TPSA) is 339 Å². The van der Waals surface area contributed by atoms with Crippen LogP contribution in [0, 0.1) is 5.92 Å². The van der Waals surface area contributed by atoms with Crippen molar-refractivity contribution in [2.24, 2.45) is 5.92 Å². The molecule has 0 radical (unpaired) electrons. The van der Waals surface area contributed by atoms with Crippen LogP contribution in [0.25, 0.3) is 6.08 Å². The van der Waals surface area contributed by atoms with Crippen molar-refractivity contribution in [2.45, 2.75) is 363 Å². The maximum atomic E-state index is 14.5. The number of ether oxygens (including phenoxy) is 14. The molecular formula is C70H112O25. The van der Waals surface area contributed by atoms with E-state index in [0.717, 1.165) is 102 Å². The third kappa shape index (κ3) is 22.6. The molecule has 6 fully saturated rings. The van der Waals surface area contributed by atoms with Crippen molar-refractivity contribution >= 4 is 30.0 Å². The van der Waals surface area contributed by atoms with Crippen LogP contribution in [0.1, 0.15) is 209 Å². The summed E-state index contributed by atoms with van der Waals surface area (Å²) < 4.78 is 89.7. The Kier molecular flexibility index (Phi) is 32.4. The minimum atomic E-state index is -1.95. The summed E-state index contributed by atoms with van der Waals surface area (Å²) in [6.07, 6.45) is -19.5. The maximum Gasteiger partial charge on any atom is 0.331 e. The molecule has 0 saturated carbocycles. The first-order chi connectivity index (χ1) is 45.5. The zero-order valence-corrected chi connectivity index (χ0v) is 57.2. The lowest BCUT2D eigenvalue weighted by Gasteiger charge is -2.51. The number of carbonyl (C=O) groups is 4. The van der Waals surface area contributed by atoms with Gasteiger partial charge < -0.3 is 102 Å². The molecule has 6 heterocycles. The summed E-state index contributed by atoms with van der Waals surface area (Å²) in [5.41, 5.74) is 0.644. The number of hydrogen-bond donors (Lipinski definition) is 7. The molecule has 7 rings (SSSR count). The monoisotopic (exact) mass is 1350 g/mol. The maximum absolute atomic E-state index is 14.5. The molecule has 0 aromatic heterocycles. The van der Waals surface area contributed by atoms with Crippen LogP contribution in [-0.2, 0) is 85.5 Å². The van der Waals surface area contributed by atoms with Gasteiger partial charge in [0.1, 0.15) is 67.1 Å². The molecule has 1 aromatic carbocycles. The fourth-order valence-electron chi connectivity index (χ4n) is 13.0. The van der Waals surface area contributed by atoms with Crippen LogP contribution in [-0.4, -0.2) is 219 Å². The first kappa shape index (κ1) is 78.5. The highest BCUT2D eigenvalue weighted by Gasteiger charge is 2.59. The van der Waals surface area contributed by atoms with Crippen LogP contribution in [0.15, 0.2) is 36.4 Å². The van der Waals surface area contributed by atoms with Crippen molar-refractivity contribution < 1.29 is 121 Å². The van der Waals surface area contributed by atoms with Crippen molar-refractivity contribution in [2.75, 3.05) is 0 Å². The summed E-state index contributed by atoms with van der Waals surface area (Å²) in [4.78, 5) is 55.5. The van der Waals surface area contributed by atoms with E-state index in [0.29, 0.717) is 37.7 Å². The fourth-order valence-corrected chi connectivity index (χ4v) is 13.0. The molecule has 25 nitrogen and oxygen atoms in total. The molecule has 6 aliphatic heterocycles. The van der Waals surface area contributed by atoms with Gasteiger partial charge in [0.25, 0.3) is 0 Å². The minimum absolute atomic E-state index is 0.0395. The molecule has 26 atom stereocenters. The quantitative estimate of drug-likeness (QED) is 0.0242. The number of aliphatic hydroxyl groups excluding tert-OH is 7. The van der Waals surface area contributed by atoms with Gasteiger partial charge in [-0.2, -0.15) is 0 Å². The van der Waals surface area contributed by atoms with Gasteiger partial charge in [-0.1, -0.05) is 161 Å². The van der Waals surface area contributed by atoms with E-state index in [2.05, 4.69) is 13.8 Å². The SMILES string of the molecule is CCCCCCCCCC(=O)O[C@H]1[C@H](O[C@@H]2[C@@H](O)[C@H]3OC(=O)CCCCCCCCCC[C@H](CCCCC)O[C@@H]4O[C@H](C)[C@H](O)[C@H](O)[C@H]4O[C@@H]3O[C@H]2C)O[C@@H](C)[C@H](O[C@@H]2O[C@@H](C)[C@H](OC(=O)C(C)C)[C@@H](O)[C@H]2OC(=O)/C=C/c2ccccc2)[C@H]1O[C@@H]1O[C@@H](C)[C@H](O)[C@@H](O)[C@H]1O. The highest BCUT2D eigenvalue weighted by Crippen LogP contribution is 2.40. The lowest BCUT2D eigenvalue weighted by Crippen LogP contribution is -2.68. The van der Waals surface area contributed by atoms with Crippen molar-refractivity contribution in [3.8, 4) is 0 Å². The molecule has 6 aliphatic rings. The molecule has 6 saturated heterocycles.